The van der Waals surface area contributed by atoms with Gasteiger partial charge in [0.15, 0.2) is 23.0 Å². The van der Waals surface area contributed by atoms with Crippen LogP contribution in [0.2, 0.25) is 0 Å². The lowest BCUT2D eigenvalue weighted by Gasteiger charge is -2.10. The van der Waals surface area contributed by atoms with Crippen molar-refractivity contribution >= 4 is 24.1 Å². The maximum Gasteiger partial charge on any atom is 0.336 e. The van der Waals surface area contributed by atoms with Crippen molar-refractivity contribution in [1.29, 1.82) is 0 Å². The molecule has 0 unspecified atom stereocenters. The second kappa shape index (κ2) is 11.9. The van der Waals surface area contributed by atoms with E-state index in [4.69, 9.17) is 18.9 Å². The number of benzene rings is 2. The minimum atomic E-state index is -0.581. The van der Waals surface area contributed by atoms with Crippen LogP contribution in [-0.4, -0.2) is 39.9 Å². The molecule has 0 bridgehead atoms. The van der Waals surface area contributed by atoms with Gasteiger partial charge in [-0.2, -0.15) is 0 Å². The Hall–Kier alpha value is -4.00. The summed E-state index contributed by atoms with van der Waals surface area (Å²) in [6, 6.07) is 10.2. The van der Waals surface area contributed by atoms with Gasteiger partial charge in [-0.3, -0.25) is 0 Å². The van der Waals surface area contributed by atoms with Crippen molar-refractivity contribution in [1.82, 2.24) is 0 Å². The number of hydrogen-bond acceptors (Lipinski definition) is 7. The molecule has 0 aliphatic heterocycles. The second-order valence-corrected chi connectivity index (χ2v) is 6.03. The number of carbonyl (C=O) groups is 2. The number of esters is 2. The zero-order valence-electron chi connectivity index (χ0n) is 17.6. The number of methoxy groups -OCH3 is 3. The average Bonchev–Trinajstić information content (AvgIpc) is 2.80. The van der Waals surface area contributed by atoms with Crippen LogP contribution in [0.1, 0.15) is 11.1 Å². The van der Waals surface area contributed by atoms with Crippen molar-refractivity contribution < 1.29 is 33.3 Å². The second-order valence-electron chi connectivity index (χ2n) is 6.03. The van der Waals surface area contributed by atoms with Gasteiger partial charge < -0.3 is 23.7 Å². The monoisotopic (exact) mass is 424 g/mol. The minimum Gasteiger partial charge on any atom is -0.493 e. The molecule has 0 aromatic heterocycles. The fourth-order valence-electron chi connectivity index (χ4n) is 2.47. The highest BCUT2D eigenvalue weighted by Crippen LogP contribution is 2.30. The third-order valence-electron chi connectivity index (χ3n) is 3.97. The molecule has 0 spiro atoms. The van der Waals surface area contributed by atoms with Crippen LogP contribution in [0.4, 0.5) is 0 Å². The van der Waals surface area contributed by atoms with Crippen molar-refractivity contribution in [3.63, 3.8) is 0 Å². The number of carbonyl (C=O) groups excluding carboxylic acids is 2. The molecule has 0 saturated heterocycles. The van der Waals surface area contributed by atoms with E-state index < -0.39 is 11.9 Å². The third-order valence-corrected chi connectivity index (χ3v) is 3.97. The van der Waals surface area contributed by atoms with Gasteiger partial charge in [-0.1, -0.05) is 24.8 Å². The smallest absolute Gasteiger partial charge is 0.336 e. The Kier molecular flexibility index (Phi) is 8.91. The fourth-order valence-corrected chi connectivity index (χ4v) is 2.47. The highest BCUT2D eigenvalue weighted by atomic mass is 16.6. The first kappa shape index (κ1) is 23.3. The first-order valence-corrected chi connectivity index (χ1v) is 9.26. The van der Waals surface area contributed by atoms with Crippen LogP contribution >= 0.6 is 0 Å². The van der Waals surface area contributed by atoms with E-state index in [0.717, 1.165) is 5.56 Å². The Morgan fingerprint density at radius 2 is 1.35 bits per heavy atom. The molecule has 162 valence electrons. The molecule has 0 radical (unpaired) electrons. The van der Waals surface area contributed by atoms with E-state index in [-0.39, 0.29) is 5.75 Å². The zero-order valence-corrected chi connectivity index (χ0v) is 17.6. The van der Waals surface area contributed by atoms with Crippen LogP contribution in [-0.2, 0) is 14.3 Å². The van der Waals surface area contributed by atoms with Crippen LogP contribution in [0.25, 0.3) is 12.2 Å². The van der Waals surface area contributed by atoms with Crippen molar-refractivity contribution in [3.8, 4) is 23.0 Å². The van der Waals surface area contributed by atoms with Crippen LogP contribution in [0.5, 0.6) is 23.0 Å². The van der Waals surface area contributed by atoms with Gasteiger partial charge in [0.25, 0.3) is 0 Å². The number of rotatable bonds is 10. The first-order valence-electron chi connectivity index (χ1n) is 9.26. The normalized spacial score (nSPS) is 10.7. The fraction of sp³-hybridized carbons (Fsp3) is 0.167. The zero-order chi connectivity index (χ0) is 22.6. The van der Waals surface area contributed by atoms with Gasteiger partial charge in [-0.05, 0) is 47.5 Å². The molecule has 31 heavy (non-hydrogen) atoms. The predicted octanol–water partition coefficient (Wildman–Crippen LogP) is 4.07. The standard InChI is InChI=1S/C24H24O7/c1-5-14-30-19-10-6-17(15-21(19)27-2)9-13-24(26)31-20-11-7-18(16-22(20)28-3)8-12-23(25)29-4/h5-13,15-16H,1,14H2,2-4H3. The molecule has 0 fully saturated rings. The SMILES string of the molecule is C=CCOc1ccc(C=CC(=O)Oc2ccc(C=CC(=O)OC)cc2OC)cc1OC. The quantitative estimate of drug-likeness (QED) is 0.246. The van der Waals surface area contributed by atoms with E-state index in [1.807, 2.05) is 0 Å². The molecule has 2 aromatic carbocycles. The Morgan fingerprint density at radius 3 is 1.90 bits per heavy atom. The molecular weight excluding hydrogens is 400 g/mol. The lowest BCUT2D eigenvalue weighted by molar-refractivity contribution is -0.134. The largest absolute Gasteiger partial charge is 0.493 e. The van der Waals surface area contributed by atoms with Gasteiger partial charge in [0.1, 0.15) is 6.61 Å². The molecule has 0 atom stereocenters. The van der Waals surface area contributed by atoms with E-state index in [0.29, 0.717) is 29.4 Å². The van der Waals surface area contributed by atoms with Crippen molar-refractivity contribution in [3.05, 3.63) is 72.3 Å². The molecule has 0 aliphatic rings. The Bertz CT molecular complexity index is 989. The molecule has 0 aliphatic carbocycles. The summed E-state index contributed by atoms with van der Waals surface area (Å²) in [5.74, 6) is 0.652. The summed E-state index contributed by atoms with van der Waals surface area (Å²) < 4.78 is 26.0. The first-order chi connectivity index (χ1) is 15.0. The highest BCUT2D eigenvalue weighted by Gasteiger charge is 2.09. The van der Waals surface area contributed by atoms with E-state index in [9.17, 15) is 9.59 Å². The molecule has 7 heteroatoms. The Morgan fingerprint density at radius 1 is 0.806 bits per heavy atom. The summed E-state index contributed by atoms with van der Waals surface area (Å²) in [5, 5.41) is 0. The lowest BCUT2D eigenvalue weighted by Crippen LogP contribution is -2.05. The molecule has 0 amide bonds. The van der Waals surface area contributed by atoms with Gasteiger partial charge >= 0.3 is 11.9 Å². The topological polar surface area (TPSA) is 80.3 Å². The molecule has 0 N–H and O–H groups in total. The summed E-state index contributed by atoms with van der Waals surface area (Å²) in [7, 11) is 4.29. The molecule has 0 heterocycles. The lowest BCUT2D eigenvalue weighted by atomic mass is 10.2. The van der Waals surface area contributed by atoms with Crippen LogP contribution in [0.15, 0.2) is 61.2 Å². The minimum absolute atomic E-state index is 0.248. The van der Waals surface area contributed by atoms with E-state index in [1.165, 1.54) is 33.5 Å². The van der Waals surface area contributed by atoms with Gasteiger partial charge in [0, 0.05) is 12.2 Å². The maximum absolute atomic E-state index is 12.2. The third kappa shape index (κ3) is 7.08. The highest BCUT2D eigenvalue weighted by molar-refractivity contribution is 5.89. The molecule has 2 aromatic rings. The maximum atomic E-state index is 12.2. The summed E-state index contributed by atoms with van der Waals surface area (Å²) in [5.41, 5.74) is 1.42. The Labute approximate surface area is 181 Å². The van der Waals surface area contributed by atoms with Crippen molar-refractivity contribution in [2.24, 2.45) is 0 Å². The van der Waals surface area contributed by atoms with Crippen molar-refractivity contribution in [2.45, 2.75) is 0 Å². The summed E-state index contributed by atoms with van der Waals surface area (Å²) in [6.45, 7) is 3.97. The summed E-state index contributed by atoms with van der Waals surface area (Å²) in [6.07, 6.45) is 7.38. The molecule has 0 saturated carbocycles. The number of ether oxygens (including phenoxy) is 5. The van der Waals surface area contributed by atoms with Crippen LogP contribution < -0.4 is 18.9 Å². The summed E-state index contributed by atoms with van der Waals surface area (Å²) >= 11 is 0. The van der Waals surface area contributed by atoms with Gasteiger partial charge in [-0.15, -0.1) is 0 Å². The van der Waals surface area contributed by atoms with E-state index in [1.54, 1.807) is 54.6 Å². The average molecular weight is 424 g/mol. The predicted molar refractivity (Wildman–Crippen MR) is 117 cm³/mol. The number of hydrogen-bond donors (Lipinski definition) is 0. The van der Waals surface area contributed by atoms with E-state index >= 15 is 0 Å². The molecule has 7 nitrogen and oxygen atoms in total. The molecular formula is C24H24O7. The van der Waals surface area contributed by atoms with Gasteiger partial charge in [-0.25, -0.2) is 9.59 Å². The van der Waals surface area contributed by atoms with E-state index in [2.05, 4.69) is 11.3 Å². The van der Waals surface area contributed by atoms with Gasteiger partial charge in [0.2, 0.25) is 0 Å². The molecule has 2 rings (SSSR count). The Balaban J connectivity index is 2.09. The van der Waals surface area contributed by atoms with Crippen molar-refractivity contribution in [2.75, 3.05) is 27.9 Å². The summed E-state index contributed by atoms with van der Waals surface area (Å²) in [4.78, 5) is 23.5. The van der Waals surface area contributed by atoms with Gasteiger partial charge in [0.05, 0.1) is 21.3 Å². The van der Waals surface area contributed by atoms with Crippen LogP contribution in [0, 0.1) is 0 Å². The van der Waals surface area contributed by atoms with Crippen LogP contribution in [0.3, 0.4) is 0 Å².